The van der Waals surface area contributed by atoms with Gasteiger partial charge in [-0.1, -0.05) is 0 Å². The van der Waals surface area contributed by atoms with Gasteiger partial charge in [0.2, 0.25) is 0 Å². The molecule has 1 aromatic carbocycles. The van der Waals surface area contributed by atoms with Crippen LogP contribution in [-0.2, 0) is 0 Å². The van der Waals surface area contributed by atoms with Gasteiger partial charge in [-0.15, -0.1) is 0 Å². The van der Waals surface area contributed by atoms with Gasteiger partial charge in [0.15, 0.2) is 0 Å². The van der Waals surface area contributed by atoms with Crippen LogP contribution >= 0.6 is 38.5 Å². The minimum Gasteiger partial charge on any atom is -0.481 e. The van der Waals surface area contributed by atoms with E-state index in [1.165, 1.54) is 3.57 Å². The summed E-state index contributed by atoms with van der Waals surface area (Å²) in [5.41, 5.74) is 0. The summed E-state index contributed by atoms with van der Waals surface area (Å²) in [5, 5.41) is 0. The summed E-state index contributed by atoms with van der Waals surface area (Å²) in [6.07, 6.45) is 0. The molecule has 1 rings (SSSR count). The van der Waals surface area contributed by atoms with E-state index in [0.29, 0.717) is 6.61 Å². The van der Waals surface area contributed by atoms with Crippen molar-refractivity contribution in [2.24, 2.45) is 0 Å². The van der Waals surface area contributed by atoms with E-state index in [4.69, 9.17) is 4.74 Å². The first-order valence-corrected chi connectivity index (χ1v) is 5.17. The van der Waals surface area contributed by atoms with Crippen molar-refractivity contribution in [2.45, 2.75) is 0 Å². The van der Waals surface area contributed by atoms with Crippen molar-refractivity contribution in [1.82, 2.24) is 0 Å². The van der Waals surface area contributed by atoms with Crippen molar-refractivity contribution in [3.63, 3.8) is 0 Å². The van der Waals surface area contributed by atoms with Crippen molar-refractivity contribution in [3.8, 4) is 16.5 Å². The van der Waals surface area contributed by atoms with E-state index >= 15 is 0 Å². The van der Waals surface area contributed by atoms with Crippen molar-refractivity contribution in [3.05, 3.63) is 27.8 Å². The van der Waals surface area contributed by atoms with E-state index in [1.807, 2.05) is 24.3 Å². The van der Waals surface area contributed by atoms with E-state index < -0.39 is 0 Å². The maximum absolute atomic E-state index is 5.29. The van der Waals surface area contributed by atoms with Gasteiger partial charge in [0.1, 0.15) is 12.4 Å². The molecule has 62 valence electrons. The molecule has 0 spiro atoms. The van der Waals surface area contributed by atoms with Crippen LogP contribution in [0.2, 0.25) is 0 Å². The van der Waals surface area contributed by atoms with Gasteiger partial charge < -0.3 is 4.74 Å². The molecule has 0 aliphatic rings. The van der Waals surface area contributed by atoms with Gasteiger partial charge in [-0.25, -0.2) is 0 Å². The Morgan fingerprint density at radius 3 is 2.58 bits per heavy atom. The standard InChI is InChI=1S/C9H6BrIO/c10-6-1-7-12-9-4-2-8(11)3-5-9/h2-5H,7H2. The number of rotatable bonds is 2. The van der Waals surface area contributed by atoms with E-state index in [2.05, 4.69) is 49.3 Å². The molecule has 0 N–H and O–H groups in total. The second-order valence-corrected chi connectivity index (χ2v) is 3.66. The third-order valence-corrected chi connectivity index (χ3v) is 2.19. The number of halogens is 2. The van der Waals surface area contributed by atoms with Crippen LogP contribution < -0.4 is 4.74 Å². The fraction of sp³-hybridized carbons (Fsp3) is 0.111. The molecule has 0 bridgehead atoms. The molecule has 0 aromatic heterocycles. The Labute approximate surface area is 93.8 Å². The highest BCUT2D eigenvalue weighted by Crippen LogP contribution is 2.12. The first-order chi connectivity index (χ1) is 5.83. The molecule has 1 nitrogen and oxygen atoms in total. The number of ether oxygens (including phenoxy) is 1. The smallest absolute Gasteiger partial charge is 0.149 e. The van der Waals surface area contributed by atoms with Crippen LogP contribution in [0, 0.1) is 14.3 Å². The molecular weight excluding hydrogens is 331 g/mol. The van der Waals surface area contributed by atoms with Gasteiger partial charge in [-0.05, 0) is 57.6 Å². The average molecular weight is 337 g/mol. The minimum absolute atomic E-state index is 0.422. The third-order valence-electron chi connectivity index (χ3n) is 1.19. The van der Waals surface area contributed by atoms with Crippen LogP contribution in [0.25, 0.3) is 0 Å². The molecular formula is C9H6BrIO. The lowest BCUT2D eigenvalue weighted by atomic mass is 10.3. The van der Waals surface area contributed by atoms with Crippen molar-refractivity contribution in [2.75, 3.05) is 6.61 Å². The molecule has 1 aromatic rings. The molecule has 0 atom stereocenters. The quantitative estimate of drug-likeness (QED) is 0.596. The van der Waals surface area contributed by atoms with E-state index in [1.54, 1.807) is 0 Å². The summed E-state index contributed by atoms with van der Waals surface area (Å²) in [4.78, 5) is 2.59. The molecule has 0 radical (unpaired) electrons. The second kappa shape index (κ2) is 5.44. The SMILES string of the molecule is BrC#CCOc1ccc(I)cc1. The Bertz CT molecular complexity index is 297. The van der Waals surface area contributed by atoms with Gasteiger partial charge >= 0.3 is 0 Å². The fourth-order valence-corrected chi connectivity index (χ4v) is 1.15. The van der Waals surface area contributed by atoms with Crippen LogP contribution in [0.4, 0.5) is 0 Å². The largest absolute Gasteiger partial charge is 0.481 e. The molecule has 0 aliphatic carbocycles. The van der Waals surface area contributed by atoms with Gasteiger partial charge in [0, 0.05) is 19.5 Å². The minimum atomic E-state index is 0.422. The molecule has 3 heteroatoms. The molecule has 0 heterocycles. The molecule has 0 unspecified atom stereocenters. The maximum Gasteiger partial charge on any atom is 0.149 e. The molecule has 0 fully saturated rings. The number of benzene rings is 1. The van der Waals surface area contributed by atoms with Gasteiger partial charge in [0.05, 0.1) is 0 Å². The predicted octanol–water partition coefficient (Wildman–Crippen LogP) is 3.03. The van der Waals surface area contributed by atoms with Gasteiger partial charge in [-0.2, -0.15) is 0 Å². The molecule has 0 amide bonds. The van der Waals surface area contributed by atoms with E-state index in [-0.39, 0.29) is 0 Å². The molecule has 12 heavy (non-hydrogen) atoms. The average Bonchev–Trinajstić information content (AvgIpc) is 2.09. The zero-order chi connectivity index (χ0) is 8.81. The Hall–Kier alpha value is -0.210. The lowest BCUT2D eigenvalue weighted by Crippen LogP contribution is -1.92. The van der Waals surface area contributed by atoms with Gasteiger partial charge in [0.25, 0.3) is 0 Å². The number of hydrogen-bond donors (Lipinski definition) is 0. The van der Waals surface area contributed by atoms with Crippen molar-refractivity contribution < 1.29 is 4.74 Å². The summed E-state index contributed by atoms with van der Waals surface area (Å²) in [5.74, 6) is 3.61. The Morgan fingerprint density at radius 2 is 2.00 bits per heavy atom. The zero-order valence-electron chi connectivity index (χ0n) is 6.18. The third kappa shape index (κ3) is 3.46. The van der Waals surface area contributed by atoms with Crippen LogP contribution in [0.15, 0.2) is 24.3 Å². The lowest BCUT2D eigenvalue weighted by Gasteiger charge is -2.00. The monoisotopic (exact) mass is 336 g/mol. The predicted molar refractivity (Wildman–Crippen MR) is 61.4 cm³/mol. The lowest BCUT2D eigenvalue weighted by molar-refractivity contribution is 0.370. The summed E-state index contributed by atoms with van der Waals surface area (Å²) in [6, 6.07) is 7.85. The van der Waals surface area contributed by atoms with Crippen molar-refractivity contribution in [1.29, 1.82) is 0 Å². The Morgan fingerprint density at radius 1 is 1.33 bits per heavy atom. The van der Waals surface area contributed by atoms with Gasteiger partial charge in [-0.3, -0.25) is 0 Å². The number of hydrogen-bond acceptors (Lipinski definition) is 1. The highest BCUT2D eigenvalue weighted by molar-refractivity contribution is 14.1. The summed E-state index contributed by atoms with van der Waals surface area (Å²) in [7, 11) is 0. The second-order valence-electron chi connectivity index (χ2n) is 2.01. The van der Waals surface area contributed by atoms with Crippen LogP contribution in [0.3, 0.4) is 0 Å². The first-order valence-electron chi connectivity index (χ1n) is 3.30. The highest BCUT2D eigenvalue weighted by Gasteiger charge is 1.90. The zero-order valence-corrected chi connectivity index (χ0v) is 9.92. The Balaban J connectivity index is 2.51. The molecule has 0 saturated heterocycles. The normalized spacial score (nSPS) is 8.50. The summed E-state index contributed by atoms with van der Waals surface area (Å²) < 4.78 is 6.49. The van der Waals surface area contributed by atoms with Crippen molar-refractivity contribution >= 4 is 38.5 Å². The first kappa shape index (κ1) is 9.87. The Kier molecular flexibility index (Phi) is 4.48. The van der Waals surface area contributed by atoms with E-state index in [0.717, 1.165) is 5.75 Å². The molecule has 0 aliphatic heterocycles. The van der Waals surface area contributed by atoms with Crippen LogP contribution in [0.5, 0.6) is 5.75 Å². The maximum atomic E-state index is 5.29. The van der Waals surface area contributed by atoms with E-state index in [9.17, 15) is 0 Å². The summed E-state index contributed by atoms with van der Waals surface area (Å²) in [6.45, 7) is 0.422. The fourth-order valence-electron chi connectivity index (χ4n) is 0.678. The highest BCUT2D eigenvalue weighted by atomic mass is 127. The van der Waals surface area contributed by atoms with Crippen LogP contribution in [-0.4, -0.2) is 6.61 Å². The molecule has 0 saturated carbocycles. The van der Waals surface area contributed by atoms with Crippen LogP contribution in [0.1, 0.15) is 0 Å². The summed E-state index contributed by atoms with van der Waals surface area (Å²) >= 11 is 5.24. The topological polar surface area (TPSA) is 9.23 Å².